The molecule has 2 nitrogen and oxygen atoms in total. The number of halogens is 1. The van der Waals surface area contributed by atoms with Gasteiger partial charge in [-0.3, -0.25) is 4.98 Å². The molecule has 0 bridgehead atoms. The third-order valence-electron chi connectivity index (χ3n) is 2.16. The van der Waals surface area contributed by atoms with Crippen LogP contribution >= 0.6 is 23.1 Å². The van der Waals surface area contributed by atoms with Crippen molar-refractivity contribution in [1.82, 2.24) is 4.98 Å². The van der Waals surface area contributed by atoms with Gasteiger partial charge >= 0.3 is 0 Å². The number of hydrogen-bond donors (Lipinski definition) is 1. The molecule has 1 N–H and O–H groups in total. The first-order valence-corrected chi connectivity index (χ1v) is 7.04. The first-order chi connectivity index (χ1) is 8.24. The average molecular weight is 269 g/mol. The Morgan fingerprint density at radius 2 is 2.35 bits per heavy atom. The second-order valence-electron chi connectivity index (χ2n) is 3.59. The Kier molecular flexibility index (Phi) is 4.53. The first-order valence-electron chi connectivity index (χ1n) is 5.18. The smallest absolute Gasteiger partial charge is 0.124 e. The van der Waals surface area contributed by atoms with E-state index in [1.54, 1.807) is 17.8 Å². The molecule has 0 radical (unpaired) electrons. The van der Waals surface area contributed by atoms with Crippen LogP contribution in [0.2, 0.25) is 0 Å². The van der Waals surface area contributed by atoms with Gasteiger partial charge in [0.05, 0.1) is 11.6 Å². The zero-order valence-electron chi connectivity index (χ0n) is 9.04. The Bertz CT molecular complexity index is 461. The van der Waals surface area contributed by atoms with Crippen molar-refractivity contribution in [1.29, 1.82) is 0 Å². The SMILES string of the molecule is OC(CSc1cccc(F)c1)Cc1cncs1. The molecule has 0 amide bonds. The maximum atomic E-state index is 12.9. The molecule has 90 valence electrons. The van der Waals surface area contributed by atoms with Gasteiger partial charge < -0.3 is 5.11 Å². The standard InChI is InChI=1S/C12H12FNOS2/c13-9-2-1-3-11(4-9)16-7-10(15)5-12-6-14-8-17-12/h1-4,6,8,10,15H,5,7H2. The summed E-state index contributed by atoms with van der Waals surface area (Å²) in [6.45, 7) is 0. The minimum absolute atomic E-state index is 0.244. The molecule has 0 saturated heterocycles. The zero-order chi connectivity index (χ0) is 12.1. The number of nitrogens with zero attached hydrogens (tertiary/aromatic N) is 1. The number of aromatic nitrogens is 1. The summed E-state index contributed by atoms with van der Waals surface area (Å²) in [5, 5.41) is 9.82. The van der Waals surface area contributed by atoms with Gasteiger partial charge in [0, 0.05) is 28.1 Å². The second-order valence-corrected chi connectivity index (χ2v) is 5.66. The minimum Gasteiger partial charge on any atom is -0.392 e. The number of thiazole rings is 1. The van der Waals surface area contributed by atoms with Crippen LogP contribution in [-0.2, 0) is 6.42 Å². The Labute approximate surface area is 108 Å². The molecule has 0 saturated carbocycles. The monoisotopic (exact) mass is 269 g/mol. The van der Waals surface area contributed by atoms with Crippen molar-refractivity contribution >= 4 is 23.1 Å². The van der Waals surface area contributed by atoms with Gasteiger partial charge in [0.25, 0.3) is 0 Å². The molecular formula is C12H12FNOS2. The lowest BCUT2D eigenvalue weighted by Crippen LogP contribution is -2.12. The van der Waals surface area contributed by atoms with Gasteiger partial charge in [-0.15, -0.1) is 23.1 Å². The molecule has 2 aromatic rings. The lowest BCUT2D eigenvalue weighted by Gasteiger charge is -2.08. The van der Waals surface area contributed by atoms with Crippen LogP contribution in [0.5, 0.6) is 0 Å². The fourth-order valence-corrected chi connectivity index (χ4v) is 2.92. The van der Waals surface area contributed by atoms with Crippen LogP contribution in [0.4, 0.5) is 4.39 Å². The van der Waals surface area contributed by atoms with E-state index >= 15 is 0 Å². The van der Waals surface area contributed by atoms with Gasteiger partial charge in [-0.2, -0.15) is 0 Å². The van der Waals surface area contributed by atoms with E-state index in [-0.39, 0.29) is 5.82 Å². The van der Waals surface area contributed by atoms with E-state index in [0.717, 1.165) is 9.77 Å². The molecule has 0 aliphatic carbocycles. The highest BCUT2D eigenvalue weighted by molar-refractivity contribution is 7.99. The van der Waals surface area contributed by atoms with Crippen LogP contribution in [0.3, 0.4) is 0 Å². The lowest BCUT2D eigenvalue weighted by molar-refractivity contribution is 0.201. The third kappa shape index (κ3) is 4.11. The van der Waals surface area contributed by atoms with Gasteiger partial charge in [0.1, 0.15) is 5.82 Å². The van der Waals surface area contributed by atoms with Crippen molar-refractivity contribution in [3.05, 3.63) is 46.7 Å². The van der Waals surface area contributed by atoms with Crippen LogP contribution in [0.1, 0.15) is 4.88 Å². The Morgan fingerprint density at radius 3 is 3.06 bits per heavy atom. The van der Waals surface area contributed by atoms with Crippen molar-refractivity contribution in [2.45, 2.75) is 17.4 Å². The lowest BCUT2D eigenvalue weighted by atomic mass is 10.3. The van der Waals surface area contributed by atoms with E-state index in [9.17, 15) is 9.50 Å². The van der Waals surface area contributed by atoms with E-state index in [1.165, 1.54) is 35.2 Å². The highest BCUT2D eigenvalue weighted by atomic mass is 32.2. The van der Waals surface area contributed by atoms with E-state index in [1.807, 2.05) is 6.07 Å². The number of benzene rings is 1. The fraction of sp³-hybridized carbons (Fsp3) is 0.250. The molecule has 2 rings (SSSR count). The molecule has 0 spiro atoms. The average Bonchev–Trinajstić information content (AvgIpc) is 2.79. The second kappa shape index (κ2) is 6.14. The van der Waals surface area contributed by atoms with Crippen molar-refractivity contribution < 1.29 is 9.50 Å². The van der Waals surface area contributed by atoms with Crippen molar-refractivity contribution in [3.63, 3.8) is 0 Å². The van der Waals surface area contributed by atoms with E-state index in [2.05, 4.69) is 4.98 Å². The number of rotatable bonds is 5. The first kappa shape index (κ1) is 12.5. The highest BCUT2D eigenvalue weighted by Crippen LogP contribution is 2.21. The van der Waals surface area contributed by atoms with Gasteiger partial charge in [-0.05, 0) is 18.2 Å². The predicted molar refractivity (Wildman–Crippen MR) is 68.9 cm³/mol. The summed E-state index contributed by atoms with van der Waals surface area (Å²) in [7, 11) is 0. The van der Waals surface area contributed by atoms with Crippen LogP contribution in [-0.4, -0.2) is 21.9 Å². The third-order valence-corrected chi connectivity index (χ3v) is 4.10. The summed E-state index contributed by atoms with van der Waals surface area (Å²) in [5.41, 5.74) is 1.75. The molecule has 1 aromatic heterocycles. The van der Waals surface area contributed by atoms with Crippen LogP contribution in [0, 0.1) is 5.82 Å². The summed E-state index contributed by atoms with van der Waals surface area (Å²) in [6, 6.07) is 6.41. The molecule has 1 heterocycles. The van der Waals surface area contributed by atoms with Gasteiger partial charge in [-0.1, -0.05) is 6.07 Å². The number of thioether (sulfide) groups is 1. The molecular weight excluding hydrogens is 257 g/mol. The van der Waals surface area contributed by atoms with Crippen molar-refractivity contribution in [2.24, 2.45) is 0 Å². The Hall–Kier alpha value is -0.910. The summed E-state index contributed by atoms with van der Waals surface area (Å²) in [6.07, 6.45) is 1.94. The Morgan fingerprint density at radius 1 is 1.47 bits per heavy atom. The van der Waals surface area contributed by atoms with Crippen LogP contribution in [0.25, 0.3) is 0 Å². The normalized spacial score (nSPS) is 12.6. The molecule has 1 unspecified atom stereocenters. The topological polar surface area (TPSA) is 33.1 Å². The molecule has 0 fully saturated rings. The van der Waals surface area contributed by atoms with Crippen LogP contribution in [0.15, 0.2) is 40.9 Å². The quantitative estimate of drug-likeness (QED) is 0.847. The largest absolute Gasteiger partial charge is 0.392 e. The maximum absolute atomic E-state index is 12.9. The van der Waals surface area contributed by atoms with Crippen molar-refractivity contribution in [2.75, 3.05) is 5.75 Å². The maximum Gasteiger partial charge on any atom is 0.124 e. The molecule has 1 aromatic carbocycles. The number of aliphatic hydroxyl groups is 1. The summed E-state index contributed by atoms with van der Waals surface area (Å²) < 4.78 is 12.9. The summed E-state index contributed by atoms with van der Waals surface area (Å²) in [4.78, 5) is 5.86. The summed E-state index contributed by atoms with van der Waals surface area (Å²) >= 11 is 2.99. The molecule has 17 heavy (non-hydrogen) atoms. The number of aliphatic hydroxyl groups excluding tert-OH is 1. The molecule has 5 heteroatoms. The minimum atomic E-state index is -0.427. The van der Waals surface area contributed by atoms with E-state index < -0.39 is 6.10 Å². The highest BCUT2D eigenvalue weighted by Gasteiger charge is 2.07. The molecule has 0 aliphatic heterocycles. The van der Waals surface area contributed by atoms with Gasteiger partial charge in [0.15, 0.2) is 0 Å². The number of hydrogen-bond acceptors (Lipinski definition) is 4. The van der Waals surface area contributed by atoms with Crippen molar-refractivity contribution in [3.8, 4) is 0 Å². The van der Waals surface area contributed by atoms with E-state index in [0.29, 0.717) is 12.2 Å². The predicted octanol–water partition coefficient (Wildman–Crippen LogP) is 2.98. The van der Waals surface area contributed by atoms with Crippen LogP contribution < -0.4 is 0 Å². The summed E-state index contributed by atoms with van der Waals surface area (Å²) in [5.74, 6) is 0.313. The van der Waals surface area contributed by atoms with Gasteiger partial charge in [0.2, 0.25) is 0 Å². The molecule has 1 atom stereocenters. The Balaban J connectivity index is 1.82. The molecule has 0 aliphatic rings. The van der Waals surface area contributed by atoms with Gasteiger partial charge in [-0.25, -0.2) is 4.39 Å². The fourth-order valence-electron chi connectivity index (χ4n) is 1.38. The zero-order valence-corrected chi connectivity index (χ0v) is 10.7. The van der Waals surface area contributed by atoms with E-state index in [4.69, 9.17) is 0 Å².